The number of rotatable bonds is 4. The van der Waals surface area contributed by atoms with Gasteiger partial charge in [0.05, 0.1) is 11.3 Å². The highest BCUT2D eigenvalue weighted by atomic mass is 16.1. The van der Waals surface area contributed by atoms with Gasteiger partial charge < -0.3 is 20.9 Å². The molecule has 5 heteroatoms. The number of nitrogens with one attached hydrogen (secondary N) is 1. The number of benzene rings is 1. The molecule has 1 aromatic carbocycles. The lowest BCUT2D eigenvalue weighted by Crippen LogP contribution is -2.36. The van der Waals surface area contributed by atoms with E-state index in [0.29, 0.717) is 17.2 Å². The van der Waals surface area contributed by atoms with Crippen LogP contribution in [0.1, 0.15) is 23.2 Å². The van der Waals surface area contributed by atoms with Crippen molar-refractivity contribution in [1.29, 1.82) is 0 Å². The molecule has 0 unspecified atom stereocenters. The number of piperidine rings is 1. The van der Waals surface area contributed by atoms with Crippen molar-refractivity contribution < 1.29 is 4.79 Å². The number of likely N-dealkylation sites (tertiary alicyclic amines) is 1. The van der Waals surface area contributed by atoms with E-state index in [1.165, 1.54) is 12.8 Å². The molecule has 2 rings (SSSR count). The van der Waals surface area contributed by atoms with Gasteiger partial charge in [0.1, 0.15) is 0 Å². The molecular weight excluding hydrogens is 264 g/mol. The summed E-state index contributed by atoms with van der Waals surface area (Å²) in [5.41, 5.74) is 8.17. The molecule has 3 N–H and O–H groups in total. The molecule has 0 aliphatic carbocycles. The number of anilines is 2. The summed E-state index contributed by atoms with van der Waals surface area (Å²) in [6.45, 7) is 3.26. The normalized spacial score (nSPS) is 16.7. The second kappa shape index (κ2) is 6.80. The Balaban J connectivity index is 2.12. The lowest BCUT2D eigenvalue weighted by atomic mass is 9.96. The maximum atomic E-state index is 12.0. The van der Waals surface area contributed by atoms with Crippen LogP contribution in [0, 0.1) is 5.92 Å². The topological polar surface area (TPSA) is 61.6 Å². The van der Waals surface area contributed by atoms with Crippen LogP contribution in [0.25, 0.3) is 0 Å². The third-order valence-corrected chi connectivity index (χ3v) is 4.27. The highest BCUT2D eigenvalue weighted by Gasteiger charge is 2.20. The van der Waals surface area contributed by atoms with Crippen LogP contribution in [0.5, 0.6) is 0 Å². The lowest BCUT2D eigenvalue weighted by Gasteiger charge is -2.33. The summed E-state index contributed by atoms with van der Waals surface area (Å²) in [5.74, 6) is 0.602. The van der Waals surface area contributed by atoms with Gasteiger partial charge in [-0.2, -0.15) is 0 Å². The largest absolute Gasteiger partial charge is 0.399 e. The number of hydrogen-bond acceptors (Lipinski definition) is 4. The average Bonchev–Trinajstić information content (AvgIpc) is 2.48. The van der Waals surface area contributed by atoms with Crippen LogP contribution in [-0.4, -0.2) is 51.6 Å². The summed E-state index contributed by atoms with van der Waals surface area (Å²) in [6.07, 6.45) is 2.41. The predicted octanol–water partition coefficient (Wildman–Crippen LogP) is 1.41. The molecule has 1 heterocycles. The van der Waals surface area contributed by atoms with E-state index in [9.17, 15) is 4.79 Å². The quantitative estimate of drug-likeness (QED) is 0.823. The van der Waals surface area contributed by atoms with Gasteiger partial charge in [0.2, 0.25) is 0 Å². The zero-order chi connectivity index (χ0) is 15.4. The molecule has 0 aromatic heterocycles. The Morgan fingerprint density at radius 1 is 1.43 bits per heavy atom. The van der Waals surface area contributed by atoms with Crippen LogP contribution in [0.15, 0.2) is 18.2 Å². The van der Waals surface area contributed by atoms with Gasteiger partial charge in [-0.15, -0.1) is 0 Å². The van der Waals surface area contributed by atoms with E-state index in [0.717, 1.165) is 25.3 Å². The average molecular weight is 290 g/mol. The van der Waals surface area contributed by atoms with Gasteiger partial charge in [-0.1, -0.05) is 0 Å². The monoisotopic (exact) mass is 290 g/mol. The summed E-state index contributed by atoms with van der Waals surface area (Å²) < 4.78 is 0. The summed E-state index contributed by atoms with van der Waals surface area (Å²) in [5, 5.41) is 2.69. The molecule has 1 aliphatic heterocycles. The fourth-order valence-electron chi connectivity index (χ4n) is 2.92. The predicted molar refractivity (Wildman–Crippen MR) is 87.7 cm³/mol. The minimum absolute atomic E-state index is 0.0692. The molecule has 1 aromatic rings. The van der Waals surface area contributed by atoms with Crippen molar-refractivity contribution in [3.63, 3.8) is 0 Å². The summed E-state index contributed by atoms with van der Waals surface area (Å²) >= 11 is 0. The number of hydrogen-bond donors (Lipinski definition) is 2. The van der Waals surface area contributed by atoms with E-state index in [1.54, 1.807) is 19.2 Å². The fraction of sp³-hybridized carbons (Fsp3) is 0.562. The van der Waals surface area contributed by atoms with Crippen molar-refractivity contribution in [3.8, 4) is 0 Å². The molecule has 116 valence electrons. The van der Waals surface area contributed by atoms with E-state index in [4.69, 9.17) is 5.73 Å². The zero-order valence-corrected chi connectivity index (χ0v) is 13.2. The first kappa shape index (κ1) is 15.6. The van der Waals surface area contributed by atoms with Gasteiger partial charge >= 0.3 is 0 Å². The summed E-state index contributed by atoms with van der Waals surface area (Å²) in [7, 11) is 5.86. The van der Waals surface area contributed by atoms with Gasteiger partial charge in [-0.25, -0.2) is 0 Å². The van der Waals surface area contributed by atoms with Gasteiger partial charge in [-0.05, 0) is 57.1 Å². The number of nitrogens with zero attached hydrogens (tertiary/aromatic N) is 2. The smallest absolute Gasteiger partial charge is 0.253 e. The molecule has 1 saturated heterocycles. The summed E-state index contributed by atoms with van der Waals surface area (Å²) in [4.78, 5) is 16.5. The Morgan fingerprint density at radius 3 is 2.71 bits per heavy atom. The van der Waals surface area contributed by atoms with Gasteiger partial charge in [0.15, 0.2) is 0 Å². The third-order valence-electron chi connectivity index (χ3n) is 4.27. The SMILES string of the molecule is CNC(=O)c1ccc(N)cc1N(C)CC1CCN(C)CC1. The second-order valence-corrected chi connectivity index (χ2v) is 5.98. The molecule has 0 radical (unpaired) electrons. The maximum absolute atomic E-state index is 12.0. The number of amides is 1. The zero-order valence-electron chi connectivity index (χ0n) is 13.2. The Hall–Kier alpha value is -1.75. The van der Waals surface area contributed by atoms with E-state index in [1.807, 2.05) is 13.1 Å². The molecular formula is C16H26N4O. The van der Waals surface area contributed by atoms with E-state index < -0.39 is 0 Å². The van der Waals surface area contributed by atoms with E-state index in [2.05, 4.69) is 22.2 Å². The van der Waals surface area contributed by atoms with E-state index in [-0.39, 0.29) is 5.91 Å². The van der Waals surface area contributed by atoms with Crippen LogP contribution in [-0.2, 0) is 0 Å². The molecule has 0 atom stereocenters. The maximum Gasteiger partial charge on any atom is 0.253 e. The van der Waals surface area contributed by atoms with Gasteiger partial charge in [0.25, 0.3) is 5.91 Å². The van der Waals surface area contributed by atoms with Crippen LogP contribution in [0.2, 0.25) is 0 Å². The Morgan fingerprint density at radius 2 is 2.10 bits per heavy atom. The minimum atomic E-state index is -0.0692. The molecule has 21 heavy (non-hydrogen) atoms. The fourth-order valence-corrected chi connectivity index (χ4v) is 2.92. The van der Waals surface area contributed by atoms with Crippen molar-refractivity contribution in [2.75, 3.05) is 51.4 Å². The lowest BCUT2D eigenvalue weighted by molar-refractivity contribution is 0.0963. The third kappa shape index (κ3) is 3.88. The van der Waals surface area contributed by atoms with Crippen molar-refractivity contribution in [1.82, 2.24) is 10.2 Å². The first-order valence-electron chi connectivity index (χ1n) is 7.52. The molecule has 1 fully saturated rings. The number of carbonyl (C=O) groups excluding carboxylic acids is 1. The highest BCUT2D eigenvalue weighted by molar-refractivity contribution is 6.00. The van der Waals surface area contributed by atoms with Crippen molar-refractivity contribution in [2.45, 2.75) is 12.8 Å². The Labute approximate surface area is 127 Å². The number of nitrogen functional groups attached to an aromatic ring is 1. The highest BCUT2D eigenvalue weighted by Crippen LogP contribution is 2.25. The van der Waals surface area contributed by atoms with Gasteiger partial charge in [0, 0.05) is 26.3 Å². The summed E-state index contributed by atoms with van der Waals surface area (Å²) in [6, 6.07) is 5.46. The molecule has 5 nitrogen and oxygen atoms in total. The number of nitrogens with two attached hydrogens (primary N) is 1. The van der Waals surface area contributed by atoms with Crippen LogP contribution < -0.4 is 16.0 Å². The standard InChI is InChI=1S/C16H26N4O/c1-18-16(21)14-5-4-13(17)10-15(14)20(3)11-12-6-8-19(2)9-7-12/h4-5,10,12H,6-9,11,17H2,1-3H3,(H,18,21). The first-order valence-corrected chi connectivity index (χ1v) is 7.52. The Bertz CT molecular complexity index is 495. The van der Waals surface area contributed by atoms with Crippen molar-refractivity contribution >= 4 is 17.3 Å². The van der Waals surface area contributed by atoms with Crippen LogP contribution >= 0.6 is 0 Å². The first-order chi connectivity index (χ1) is 10.0. The Kier molecular flexibility index (Phi) is 5.07. The molecule has 1 amide bonds. The van der Waals surface area contributed by atoms with Gasteiger partial charge in [-0.3, -0.25) is 4.79 Å². The minimum Gasteiger partial charge on any atom is -0.399 e. The molecule has 0 spiro atoms. The van der Waals surface area contributed by atoms with Crippen LogP contribution in [0.4, 0.5) is 11.4 Å². The second-order valence-electron chi connectivity index (χ2n) is 5.98. The molecule has 1 aliphatic rings. The van der Waals surface area contributed by atoms with E-state index >= 15 is 0 Å². The molecule has 0 saturated carbocycles. The van der Waals surface area contributed by atoms with Crippen molar-refractivity contribution in [3.05, 3.63) is 23.8 Å². The molecule has 0 bridgehead atoms. The number of carbonyl (C=O) groups is 1. The van der Waals surface area contributed by atoms with Crippen LogP contribution in [0.3, 0.4) is 0 Å². The van der Waals surface area contributed by atoms with Crippen molar-refractivity contribution in [2.24, 2.45) is 5.92 Å².